The highest BCUT2D eigenvalue weighted by molar-refractivity contribution is 5.76. The number of aliphatic hydroxyl groups is 2. The van der Waals surface area contributed by atoms with E-state index >= 15 is 0 Å². The highest BCUT2D eigenvalue weighted by atomic mass is 16.3. The third-order valence-electron chi connectivity index (χ3n) is 12.8. The first-order valence-corrected chi connectivity index (χ1v) is 26.9. The van der Waals surface area contributed by atoms with Gasteiger partial charge in [0.05, 0.1) is 18.8 Å². The van der Waals surface area contributed by atoms with Gasteiger partial charge in [0.25, 0.3) is 0 Å². The minimum absolute atomic E-state index is 0.0655. The van der Waals surface area contributed by atoms with Crippen molar-refractivity contribution in [3.8, 4) is 0 Å². The number of carbonyl (C=O) groups is 1. The first-order chi connectivity index (χ1) is 28.7. The van der Waals surface area contributed by atoms with E-state index in [9.17, 15) is 15.0 Å². The van der Waals surface area contributed by atoms with Gasteiger partial charge in [-0.1, -0.05) is 296 Å². The maximum absolute atomic E-state index is 12.3. The van der Waals surface area contributed by atoms with Gasteiger partial charge in [0, 0.05) is 6.42 Å². The van der Waals surface area contributed by atoms with E-state index in [1.165, 1.54) is 263 Å². The third kappa shape index (κ3) is 46.2. The van der Waals surface area contributed by atoms with Crippen LogP contribution in [0.3, 0.4) is 0 Å². The molecule has 0 saturated carbocycles. The van der Waals surface area contributed by atoms with Crippen molar-refractivity contribution in [1.29, 1.82) is 0 Å². The Bertz CT molecular complexity index is 799. The predicted molar refractivity (Wildman–Crippen MR) is 258 cm³/mol. The smallest absolute Gasteiger partial charge is 0.220 e. The van der Waals surface area contributed by atoms with Crippen LogP contribution in [0.2, 0.25) is 0 Å². The van der Waals surface area contributed by atoms with Crippen LogP contribution >= 0.6 is 0 Å². The van der Waals surface area contributed by atoms with E-state index in [-0.39, 0.29) is 12.5 Å². The van der Waals surface area contributed by atoms with Gasteiger partial charge >= 0.3 is 0 Å². The molecule has 58 heavy (non-hydrogen) atoms. The minimum Gasteiger partial charge on any atom is -0.394 e. The van der Waals surface area contributed by atoms with Gasteiger partial charge in [0.15, 0.2) is 0 Å². The molecule has 346 valence electrons. The SMILES string of the molecule is CCCCC/C=C/C(O)C(CO)NC(=O)CCCCCCCCCCCCCCCCCCCCCCCCCCCCCCCCCCCCCCCCCCC. The zero-order chi connectivity index (χ0) is 42.1. The van der Waals surface area contributed by atoms with Crippen molar-refractivity contribution in [3.05, 3.63) is 12.2 Å². The van der Waals surface area contributed by atoms with Gasteiger partial charge in [-0.2, -0.15) is 0 Å². The van der Waals surface area contributed by atoms with E-state index in [2.05, 4.69) is 19.2 Å². The average Bonchev–Trinajstić information content (AvgIpc) is 3.23. The normalized spacial score (nSPS) is 12.8. The van der Waals surface area contributed by atoms with Gasteiger partial charge < -0.3 is 15.5 Å². The molecule has 0 aliphatic rings. The van der Waals surface area contributed by atoms with Crippen LogP contribution < -0.4 is 5.32 Å². The molecule has 0 rings (SSSR count). The summed E-state index contributed by atoms with van der Waals surface area (Å²) in [5, 5.41) is 22.7. The predicted octanol–water partition coefficient (Wildman–Crippen LogP) is 17.4. The second kappa shape index (κ2) is 50.5. The number of allylic oxidation sites excluding steroid dienone is 1. The number of rotatable bonds is 50. The Balaban J connectivity index is 3.23. The van der Waals surface area contributed by atoms with Gasteiger partial charge in [0.1, 0.15) is 0 Å². The Hall–Kier alpha value is -0.870. The Morgan fingerprint density at radius 2 is 0.638 bits per heavy atom. The Morgan fingerprint density at radius 1 is 0.397 bits per heavy atom. The van der Waals surface area contributed by atoms with E-state index in [0.717, 1.165) is 25.7 Å². The molecule has 4 nitrogen and oxygen atoms in total. The molecule has 0 aliphatic carbocycles. The van der Waals surface area contributed by atoms with Gasteiger partial charge in [-0.25, -0.2) is 0 Å². The number of unbranched alkanes of at least 4 members (excludes halogenated alkanes) is 43. The largest absolute Gasteiger partial charge is 0.394 e. The second-order valence-electron chi connectivity index (χ2n) is 18.7. The standard InChI is InChI=1S/C54H107NO3/c1-3-5-7-9-10-11-12-13-14-15-16-17-18-19-20-21-22-23-24-25-26-27-28-29-30-31-32-33-34-35-36-37-38-39-40-41-42-43-44-46-48-50-54(58)55-52(51-56)53(57)49-47-45-8-6-4-2/h47,49,52-53,56-57H,3-46,48,50-51H2,1-2H3,(H,55,58)/b49-47+. The first kappa shape index (κ1) is 57.1. The molecule has 0 aliphatic heterocycles. The van der Waals surface area contributed by atoms with Crippen LogP contribution in [0.4, 0.5) is 0 Å². The lowest BCUT2D eigenvalue weighted by Crippen LogP contribution is -2.45. The van der Waals surface area contributed by atoms with Crippen LogP contribution in [0.25, 0.3) is 0 Å². The fourth-order valence-electron chi connectivity index (χ4n) is 8.65. The summed E-state index contributed by atoms with van der Waals surface area (Å²) < 4.78 is 0. The third-order valence-corrected chi connectivity index (χ3v) is 12.8. The quantitative estimate of drug-likeness (QED) is 0.0423. The molecule has 4 heteroatoms. The summed E-state index contributed by atoms with van der Waals surface area (Å²) in [6.07, 6.45) is 65.8. The Morgan fingerprint density at radius 3 is 0.897 bits per heavy atom. The number of hydrogen-bond donors (Lipinski definition) is 3. The fraction of sp³-hybridized carbons (Fsp3) is 0.944. The summed E-state index contributed by atoms with van der Waals surface area (Å²) in [4.78, 5) is 12.3. The maximum atomic E-state index is 12.3. The topological polar surface area (TPSA) is 69.6 Å². The number of aliphatic hydroxyl groups excluding tert-OH is 2. The highest BCUT2D eigenvalue weighted by Gasteiger charge is 2.18. The highest BCUT2D eigenvalue weighted by Crippen LogP contribution is 2.18. The molecular formula is C54H107NO3. The summed E-state index contributed by atoms with van der Waals surface area (Å²) in [7, 11) is 0. The molecule has 0 bridgehead atoms. The number of amides is 1. The lowest BCUT2D eigenvalue weighted by atomic mass is 10.0. The zero-order valence-corrected chi connectivity index (χ0v) is 39.8. The Kier molecular flexibility index (Phi) is 49.7. The number of nitrogens with one attached hydrogen (secondary N) is 1. The van der Waals surface area contributed by atoms with Crippen LogP contribution in [0.15, 0.2) is 12.2 Å². The molecule has 0 aromatic rings. The van der Waals surface area contributed by atoms with Crippen LogP contribution in [-0.4, -0.2) is 34.9 Å². The zero-order valence-electron chi connectivity index (χ0n) is 39.8. The second-order valence-corrected chi connectivity index (χ2v) is 18.7. The van der Waals surface area contributed by atoms with E-state index < -0.39 is 12.1 Å². The van der Waals surface area contributed by atoms with Crippen molar-refractivity contribution in [2.24, 2.45) is 0 Å². The van der Waals surface area contributed by atoms with E-state index in [1.54, 1.807) is 6.08 Å². The van der Waals surface area contributed by atoms with Crippen molar-refractivity contribution >= 4 is 5.91 Å². The summed E-state index contributed by atoms with van der Waals surface area (Å²) in [5.41, 5.74) is 0. The monoisotopic (exact) mass is 818 g/mol. The summed E-state index contributed by atoms with van der Waals surface area (Å²) in [5.74, 6) is -0.0655. The van der Waals surface area contributed by atoms with E-state index in [0.29, 0.717) is 6.42 Å². The fourth-order valence-corrected chi connectivity index (χ4v) is 8.65. The number of hydrogen-bond acceptors (Lipinski definition) is 3. The average molecular weight is 818 g/mol. The molecule has 2 atom stereocenters. The Labute approximate surface area is 365 Å². The lowest BCUT2D eigenvalue weighted by Gasteiger charge is -2.20. The van der Waals surface area contributed by atoms with E-state index in [1.807, 2.05) is 6.08 Å². The van der Waals surface area contributed by atoms with Crippen molar-refractivity contribution in [2.45, 2.75) is 321 Å². The molecular weight excluding hydrogens is 711 g/mol. The van der Waals surface area contributed by atoms with Gasteiger partial charge in [-0.15, -0.1) is 0 Å². The van der Waals surface area contributed by atoms with Crippen LogP contribution in [0, 0.1) is 0 Å². The van der Waals surface area contributed by atoms with Gasteiger partial charge in [-0.3, -0.25) is 4.79 Å². The molecule has 0 aromatic heterocycles. The molecule has 1 amide bonds. The summed E-state index contributed by atoms with van der Waals surface area (Å²) >= 11 is 0. The molecule has 0 fully saturated rings. The molecule has 0 saturated heterocycles. The summed E-state index contributed by atoms with van der Waals surface area (Å²) in [6, 6.07) is -0.613. The lowest BCUT2D eigenvalue weighted by molar-refractivity contribution is -0.123. The maximum Gasteiger partial charge on any atom is 0.220 e. The molecule has 0 aromatic carbocycles. The van der Waals surface area contributed by atoms with Crippen LogP contribution in [0.5, 0.6) is 0 Å². The first-order valence-electron chi connectivity index (χ1n) is 26.9. The summed E-state index contributed by atoms with van der Waals surface area (Å²) in [6.45, 7) is 4.23. The van der Waals surface area contributed by atoms with Gasteiger partial charge in [0.2, 0.25) is 5.91 Å². The van der Waals surface area contributed by atoms with Crippen LogP contribution in [-0.2, 0) is 4.79 Å². The van der Waals surface area contributed by atoms with Crippen molar-refractivity contribution in [3.63, 3.8) is 0 Å². The van der Waals surface area contributed by atoms with Crippen molar-refractivity contribution < 1.29 is 15.0 Å². The minimum atomic E-state index is -0.831. The molecule has 0 radical (unpaired) electrons. The molecule has 2 unspecified atom stereocenters. The van der Waals surface area contributed by atoms with Gasteiger partial charge in [-0.05, 0) is 19.3 Å². The van der Waals surface area contributed by atoms with Crippen molar-refractivity contribution in [1.82, 2.24) is 5.32 Å². The molecule has 0 heterocycles. The van der Waals surface area contributed by atoms with Crippen LogP contribution in [0.1, 0.15) is 309 Å². The number of carbonyl (C=O) groups excluding carboxylic acids is 1. The van der Waals surface area contributed by atoms with E-state index in [4.69, 9.17) is 0 Å². The van der Waals surface area contributed by atoms with Crippen molar-refractivity contribution in [2.75, 3.05) is 6.61 Å². The molecule has 0 spiro atoms. The molecule has 3 N–H and O–H groups in total.